The normalized spacial score (nSPS) is 11.1. The topological polar surface area (TPSA) is 34.9 Å². The average Bonchev–Trinajstić information content (AvgIpc) is 2.26. The van der Waals surface area contributed by atoms with Gasteiger partial charge in [-0.1, -0.05) is 23.5 Å². The average molecular weight is 170 g/mol. The van der Waals surface area contributed by atoms with Crippen LogP contribution >= 0.6 is 11.3 Å². The molecule has 3 nitrogen and oxygen atoms in total. The van der Waals surface area contributed by atoms with Gasteiger partial charge in [0.25, 0.3) is 0 Å². The Morgan fingerprint density at radius 3 is 2.91 bits per heavy atom. The van der Waals surface area contributed by atoms with Crippen LogP contribution in [0.25, 0.3) is 0 Å². The molecule has 0 bridgehead atoms. The van der Waals surface area contributed by atoms with E-state index in [2.05, 4.69) is 5.10 Å². The Hall–Kier alpha value is -0.900. The summed E-state index contributed by atoms with van der Waals surface area (Å²) in [4.78, 5) is 11.0. The van der Waals surface area contributed by atoms with Gasteiger partial charge in [-0.3, -0.25) is 4.79 Å². The molecule has 0 atom stereocenters. The lowest BCUT2D eigenvalue weighted by Crippen LogP contribution is -2.13. The first kappa shape index (κ1) is 8.20. The van der Waals surface area contributed by atoms with Crippen LogP contribution in [0.1, 0.15) is 11.9 Å². The number of aromatic nitrogens is 2. The number of rotatable bonds is 2. The van der Waals surface area contributed by atoms with E-state index in [0.717, 1.165) is 5.01 Å². The van der Waals surface area contributed by atoms with Crippen LogP contribution in [-0.4, -0.2) is 9.78 Å². The van der Waals surface area contributed by atoms with Crippen LogP contribution in [0, 0.1) is 6.92 Å². The maximum atomic E-state index is 11.0. The molecule has 60 valence electrons. The summed E-state index contributed by atoms with van der Waals surface area (Å²) in [6, 6.07) is 0. The number of hydrogen-bond acceptors (Lipinski definition) is 3. The second-order valence-electron chi connectivity index (χ2n) is 2.14. The molecule has 0 radical (unpaired) electrons. The zero-order valence-corrected chi connectivity index (χ0v) is 7.39. The summed E-state index contributed by atoms with van der Waals surface area (Å²) >= 11 is 1.18. The van der Waals surface area contributed by atoms with Crippen LogP contribution in [0.15, 0.2) is 16.9 Å². The van der Waals surface area contributed by atoms with Crippen molar-refractivity contribution in [2.45, 2.75) is 20.4 Å². The lowest BCUT2D eigenvalue weighted by atomic mass is 10.5. The third-order valence-electron chi connectivity index (χ3n) is 1.22. The van der Waals surface area contributed by atoms with Gasteiger partial charge >= 0.3 is 4.87 Å². The van der Waals surface area contributed by atoms with Gasteiger partial charge in [0.1, 0.15) is 5.01 Å². The minimum Gasteiger partial charge on any atom is -0.255 e. The molecule has 0 saturated carbocycles. The predicted molar refractivity (Wildman–Crippen MR) is 45.9 cm³/mol. The molecule has 11 heavy (non-hydrogen) atoms. The maximum Gasteiger partial charge on any atom is 0.325 e. The Bertz CT molecular complexity index is 310. The van der Waals surface area contributed by atoms with Crippen molar-refractivity contribution in [2.75, 3.05) is 0 Å². The van der Waals surface area contributed by atoms with Crippen molar-refractivity contribution in [3.8, 4) is 0 Å². The molecule has 0 aromatic carbocycles. The van der Waals surface area contributed by atoms with Gasteiger partial charge in [0, 0.05) is 0 Å². The number of nitrogens with zero attached hydrogens (tertiary/aromatic N) is 2. The Morgan fingerprint density at radius 2 is 2.45 bits per heavy atom. The first-order chi connectivity index (χ1) is 5.24. The highest BCUT2D eigenvalue weighted by atomic mass is 32.1. The van der Waals surface area contributed by atoms with E-state index >= 15 is 0 Å². The first-order valence-corrected chi connectivity index (χ1v) is 4.21. The van der Waals surface area contributed by atoms with Gasteiger partial charge in [-0.05, 0) is 13.8 Å². The molecule has 0 aliphatic carbocycles. The molecule has 0 saturated heterocycles. The molecule has 0 amide bonds. The van der Waals surface area contributed by atoms with Gasteiger partial charge in [0.2, 0.25) is 0 Å². The molecule has 0 N–H and O–H groups in total. The second kappa shape index (κ2) is 3.48. The Labute approximate surface area is 69.0 Å². The molecular weight excluding hydrogens is 160 g/mol. The molecule has 0 aliphatic heterocycles. The Kier molecular flexibility index (Phi) is 2.59. The van der Waals surface area contributed by atoms with Crippen LogP contribution in [0.4, 0.5) is 0 Å². The van der Waals surface area contributed by atoms with Crippen molar-refractivity contribution < 1.29 is 0 Å². The van der Waals surface area contributed by atoms with E-state index < -0.39 is 0 Å². The fraction of sp³-hybridized carbons (Fsp3) is 0.429. The van der Waals surface area contributed by atoms with Gasteiger partial charge in [0.05, 0.1) is 6.54 Å². The standard InChI is InChI=1S/C7H10N2OS/c1-3-4-5-9-7(10)11-6(2)8-9/h3-4H,5H2,1-2H3/b4-3+. The molecular formula is C7H10N2OS. The maximum absolute atomic E-state index is 11.0. The van der Waals surface area contributed by atoms with Crippen molar-refractivity contribution in [2.24, 2.45) is 0 Å². The fourth-order valence-corrected chi connectivity index (χ4v) is 1.34. The van der Waals surface area contributed by atoms with E-state index in [0.29, 0.717) is 6.54 Å². The third kappa shape index (κ3) is 2.01. The van der Waals surface area contributed by atoms with Crippen LogP contribution in [0.5, 0.6) is 0 Å². The smallest absolute Gasteiger partial charge is 0.255 e. The quantitative estimate of drug-likeness (QED) is 0.625. The Morgan fingerprint density at radius 1 is 1.73 bits per heavy atom. The molecule has 0 aliphatic rings. The molecule has 4 heteroatoms. The van der Waals surface area contributed by atoms with Crippen molar-refractivity contribution in [1.82, 2.24) is 9.78 Å². The number of allylic oxidation sites excluding steroid dienone is 2. The number of hydrogen-bond donors (Lipinski definition) is 0. The predicted octanol–water partition coefficient (Wildman–Crippen LogP) is 1.19. The van der Waals surface area contributed by atoms with E-state index in [1.54, 1.807) is 0 Å². The minimum absolute atomic E-state index is 0.0144. The van der Waals surface area contributed by atoms with Crippen molar-refractivity contribution >= 4 is 11.3 Å². The molecule has 0 unspecified atom stereocenters. The van der Waals surface area contributed by atoms with Gasteiger partial charge < -0.3 is 0 Å². The van der Waals surface area contributed by atoms with Crippen LogP contribution in [0.2, 0.25) is 0 Å². The van der Waals surface area contributed by atoms with Gasteiger partial charge in [-0.25, -0.2) is 4.68 Å². The van der Waals surface area contributed by atoms with Crippen molar-refractivity contribution in [1.29, 1.82) is 0 Å². The molecule has 0 fully saturated rings. The zero-order valence-electron chi connectivity index (χ0n) is 6.57. The molecule has 0 spiro atoms. The van der Waals surface area contributed by atoms with E-state index in [1.165, 1.54) is 16.0 Å². The third-order valence-corrected chi connectivity index (χ3v) is 1.98. The molecule has 1 heterocycles. The zero-order chi connectivity index (χ0) is 8.27. The lowest BCUT2D eigenvalue weighted by molar-refractivity contribution is 0.672. The summed E-state index contributed by atoms with van der Waals surface area (Å²) in [7, 11) is 0. The Balaban J connectivity index is 2.86. The number of aryl methyl sites for hydroxylation is 1. The summed E-state index contributed by atoms with van der Waals surface area (Å²) in [6.07, 6.45) is 3.81. The fourth-order valence-electron chi connectivity index (χ4n) is 0.731. The van der Waals surface area contributed by atoms with Crippen LogP contribution < -0.4 is 4.87 Å². The van der Waals surface area contributed by atoms with E-state index in [-0.39, 0.29) is 4.87 Å². The van der Waals surface area contributed by atoms with Crippen molar-refractivity contribution in [3.63, 3.8) is 0 Å². The SMILES string of the molecule is C/C=C/Cn1nc(C)sc1=O. The molecule has 1 aromatic rings. The molecule has 1 aromatic heterocycles. The van der Waals surface area contributed by atoms with Gasteiger partial charge in [-0.15, -0.1) is 0 Å². The second-order valence-corrected chi connectivity index (χ2v) is 3.28. The van der Waals surface area contributed by atoms with Crippen molar-refractivity contribution in [3.05, 3.63) is 26.8 Å². The van der Waals surface area contributed by atoms with Gasteiger partial charge in [0.15, 0.2) is 0 Å². The van der Waals surface area contributed by atoms with E-state index in [4.69, 9.17) is 0 Å². The van der Waals surface area contributed by atoms with E-state index in [1.807, 2.05) is 26.0 Å². The summed E-state index contributed by atoms with van der Waals surface area (Å²) in [6.45, 7) is 4.34. The van der Waals surface area contributed by atoms with Crippen LogP contribution in [0.3, 0.4) is 0 Å². The summed E-state index contributed by atoms with van der Waals surface area (Å²) in [5, 5.41) is 4.84. The highest BCUT2D eigenvalue weighted by Crippen LogP contribution is 1.94. The van der Waals surface area contributed by atoms with Crippen LogP contribution in [-0.2, 0) is 6.54 Å². The molecule has 1 rings (SSSR count). The van der Waals surface area contributed by atoms with E-state index in [9.17, 15) is 4.79 Å². The largest absolute Gasteiger partial charge is 0.325 e. The minimum atomic E-state index is 0.0144. The highest BCUT2D eigenvalue weighted by molar-refractivity contribution is 7.08. The monoisotopic (exact) mass is 170 g/mol. The highest BCUT2D eigenvalue weighted by Gasteiger charge is 1.98. The lowest BCUT2D eigenvalue weighted by Gasteiger charge is -1.89. The van der Waals surface area contributed by atoms with Gasteiger partial charge in [-0.2, -0.15) is 5.10 Å². The summed E-state index contributed by atoms with van der Waals surface area (Å²) in [5.41, 5.74) is 0. The first-order valence-electron chi connectivity index (χ1n) is 3.39. The summed E-state index contributed by atoms with van der Waals surface area (Å²) in [5.74, 6) is 0. The summed E-state index contributed by atoms with van der Waals surface area (Å²) < 4.78 is 1.46.